The van der Waals surface area contributed by atoms with Crippen LogP contribution in [-0.4, -0.2) is 30.9 Å². The van der Waals surface area contributed by atoms with Crippen LogP contribution in [0.4, 0.5) is 0 Å². The molecule has 1 nitrogen and oxygen atoms in total. The van der Waals surface area contributed by atoms with Gasteiger partial charge in [0.1, 0.15) is 0 Å². The van der Waals surface area contributed by atoms with Gasteiger partial charge in [-0.25, -0.2) is 0 Å². The number of hydrogen-bond acceptors (Lipinski definition) is 1. The molecule has 0 amide bonds. The van der Waals surface area contributed by atoms with Gasteiger partial charge in [-0.15, -0.1) is 0 Å². The Morgan fingerprint density at radius 1 is 1.07 bits per heavy atom. The second-order valence-electron chi connectivity index (χ2n) is 2.94. The molecule has 0 aromatic heterocycles. The van der Waals surface area contributed by atoms with Crippen molar-refractivity contribution in [1.29, 1.82) is 0 Å². The normalized spacial score (nSPS) is 8.36. The molecule has 0 atom stereocenters. The first kappa shape index (κ1) is 16.9. The predicted octanol–water partition coefficient (Wildman–Crippen LogP) is 1.83. The van der Waals surface area contributed by atoms with Gasteiger partial charge < -0.3 is 4.74 Å². The second kappa shape index (κ2) is 11.6. The summed E-state index contributed by atoms with van der Waals surface area (Å²) in [6.45, 7) is 7.76. The minimum atomic E-state index is 0. The van der Waals surface area contributed by atoms with E-state index in [2.05, 4.69) is 48.9 Å². The van der Waals surface area contributed by atoms with E-state index in [0.29, 0.717) is 0 Å². The summed E-state index contributed by atoms with van der Waals surface area (Å²) in [6.07, 6.45) is 0. The molecule has 0 aliphatic carbocycles. The fourth-order valence-electron chi connectivity index (χ4n) is 0.841. The van der Waals surface area contributed by atoms with E-state index in [4.69, 9.17) is 4.74 Å². The summed E-state index contributed by atoms with van der Waals surface area (Å²) in [4.78, 5) is 0. The zero-order chi connectivity index (χ0) is 10.1. The quantitative estimate of drug-likeness (QED) is 0.723. The van der Waals surface area contributed by atoms with Crippen molar-refractivity contribution in [2.75, 3.05) is 13.2 Å². The van der Waals surface area contributed by atoms with Crippen molar-refractivity contribution in [3.63, 3.8) is 0 Å². The number of rotatable bonds is 2. The van der Waals surface area contributed by atoms with Gasteiger partial charge in [0, 0.05) is 35.6 Å². The first-order valence-corrected chi connectivity index (χ1v) is 4.81. The van der Waals surface area contributed by atoms with E-state index in [-0.39, 0.29) is 22.4 Å². The average Bonchev–Trinajstić information content (AvgIpc) is 2.13. The Morgan fingerprint density at radius 3 is 1.71 bits per heavy atom. The SMILES string of the molecule is CCOCC.[Au].[Li][c]1ccc(C)cc1. The Morgan fingerprint density at radius 2 is 1.50 bits per heavy atom. The third-order valence-electron chi connectivity index (χ3n) is 1.63. The summed E-state index contributed by atoms with van der Waals surface area (Å²) in [5.41, 5.74) is 1.33. The summed E-state index contributed by atoms with van der Waals surface area (Å²) in [6, 6.07) is 8.48. The molecule has 0 aliphatic rings. The van der Waals surface area contributed by atoms with Crippen LogP contribution < -0.4 is 4.24 Å². The fraction of sp³-hybridized carbons (Fsp3) is 0.455. The van der Waals surface area contributed by atoms with E-state index in [1.807, 2.05) is 13.8 Å². The van der Waals surface area contributed by atoms with Gasteiger partial charge in [-0.05, 0) is 13.8 Å². The van der Waals surface area contributed by atoms with Gasteiger partial charge in [0.15, 0.2) is 0 Å². The van der Waals surface area contributed by atoms with Crippen molar-refractivity contribution in [2.45, 2.75) is 20.8 Å². The summed E-state index contributed by atoms with van der Waals surface area (Å²) in [5, 5.41) is 0. The van der Waals surface area contributed by atoms with E-state index in [1.54, 1.807) is 0 Å². The molecule has 0 fully saturated rings. The van der Waals surface area contributed by atoms with Gasteiger partial charge in [0.25, 0.3) is 0 Å². The summed E-state index contributed by atoms with van der Waals surface area (Å²) in [7, 11) is 0. The van der Waals surface area contributed by atoms with Crippen LogP contribution in [0.1, 0.15) is 19.4 Å². The van der Waals surface area contributed by atoms with Crippen molar-refractivity contribution in [2.24, 2.45) is 0 Å². The molecular weight excluding hydrogens is 352 g/mol. The molecule has 0 saturated carbocycles. The number of benzene rings is 1. The van der Waals surface area contributed by atoms with Crippen LogP contribution in [0.15, 0.2) is 24.3 Å². The van der Waals surface area contributed by atoms with Gasteiger partial charge in [0.2, 0.25) is 0 Å². The Labute approximate surface area is 112 Å². The molecule has 0 heterocycles. The van der Waals surface area contributed by atoms with Crippen molar-refractivity contribution in [3.05, 3.63) is 29.8 Å². The van der Waals surface area contributed by atoms with Crippen molar-refractivity contribution >= 4 is 22.0 Å². The molecule has 0 N–H and O–H groups in total. The molecule has 1 rings (SSSR count). The Kier molecular flexibility index (Phi) is 14.0. The van der Waals surface area contributed by atoms with E-state index in [9.17, 15) is 0 Å². The summed E-state index contributed by atoms with van der Waals surface area (Å²) < 4.78 is 6.16. The number of hydrogen-bond donors (Lipinski definition) is 0. The molecule has 0 saturated heterocycles. The van der Waals surface area contributed by atoms with E-state index in [0.717, 1.165) is 13.2 Å². The Hall–Kier alpha value is 0.518. The van der Waals surface area contributed by atoms with E-state index < -0.39 is 0 Å². The topological polar surface area (TPSA) is 9.23 Å². The van der Waals surface area contributed by atoms with Gasteiger partial charge in [-0.3, -0.25) is 0 Å². The molecule has 0 aliphatic heterocycles. The third-order valence-corrected chi connectivity index (χ3v) is 1.63. The number of ether oxygens (including phenoxy) is 1. The molecule has 1 aromatic carbocycles. The zero-order valence-electron chi connectivity index (χ0n) is 9.43. The first-order valence-electron chi connectivity index (χ1n) is 4.81. The predicted molar refractivity (Wildman–Crippen MR) is 58.7 cm³/mol. The average molecular weight is 369 g/mol. The molecule has 1 radical (unpaired) electrons. The van der Waals surface area contributed by atoms with E-state index >= 15 is 0 Å². The van der Waals surface area contributed by atoms with Crippen LogP contribution in [0.2, 0.25) is 0 Å². The van der Waals surface area contributed by atoms with Crippen molar-refractivity contribution < 1.29 is 27.1 Å². The summed E-state index contributed by atoms with van der Waals surface area (Å²) in [5.74, 6) is 0. The second-order valence-corrected chi connectivity index (χ2v) is 2.94. The van der Waals surface area contributed by atoms with Gasteiger partial charge in [-0.1, -0.05) is 0 Å². The molecule has 1 aromatic rings. The van der Waals surface area contributed by atoms with Gasteiger partial charge in [-0.2, -0.15) is 0 Å². The maximum atomic E-state index is 4.83. The molecular formula is C11H17AuLiO. The van der Waals surface area contributed by atoms with Gasteiger partial charge >= 0.3 is 58.7 Å². The molecule has 14 heavy (non-hydrogen) atoms. The fourth-order valence-corrected chi connectivity index (χ4v) is 0.841. The zero-order valence-corrected chi connectivity index (χ0v) is 11.6. The van der Waals surface area contributed by atoms with Crippen molar-refractivity contribution in [3.8, 4) is 0 Å². The molecule has 0 unspecified atom stereocenters. The molecule has 0 spiro atoms. The minimum absolute atomic E-state index is 0. The molecule has 3 heteroatoms. The first-order chi connectivity index (χ1) is 6.20. The van der Waals surface area contributed by atoms with E-state index in [1.165, 1.54) is 9.80 Å². The van der Waals surface area contributed by atoms with Crippen LogP contribution in [0, 0.1) is 6.92 Å². The van der Waals surface area contributed by atoms with Crippen LogP contribution in [0.3, 0.4) is 0 Å². The number of aryl methyl sites for hydroxylation is 1. The van der Waals surface area contributed by atoms with Crippen LogP contribution in [0.25, 0.3) is 0 Å². The Bertz CT molecular complexity index is 188. The monoisotopic (exact) mass is 369 g/mol. The van der Waals surface area contributed by atoms with Crippen LogP contribution >= 0.6 is 0 Å². The Balaban J connectivity index is 0. The molecule has 79 valence electrons. The van der Waals surface area contributed by atoms with Crippen molar-refractivity contribution in [1.82, 2.24) is 0 Å². The van der Waals surface area contributed by atoms with Crippen LogP contribution in [-0.2, 0) is 27.1 Å². The standard InChI is InChI=1S/C7H7.C4H10O.Au.Li/c1-7-5-3-2-4-6-7;1-3-5-4-2;;/h3-6H,1H3;3-4H2,1-2H3;;. The van der Waals surface area contributed by atoms with Gasteiger partial charge in [0.05, 0.1) is 0 Å². The maximum absolute atomic E-state index is 4.83. The van der Waals surface area contributed by atoms with Crippen LogP contribution in [0.5, 0.6) is 0 Å². The molecule has 0 bridgehead atoms. The summed E-state index contributed by atoms with van der Waals surface area (Å²) >= 11 is 2.10. The third kappa shape index (κ3) is 10.6.